The molecule has 0 unspecified atom stereocenters. The van der Waals surface area contributed by atoms with Gasteiger partial charge in [-0.05, 0) is 32.4 Å². The zero-order valence-corrected chi connectivity index (χ0v) is 15.9. The fraction of sp³-hybridized carbons (Fsp3) is 0.316. The van der Waals surface area contributed by atoms with Crippen molar-refractivity contribution in [1.82, 2.24) is 29.9 Å². The van der Waals surface area contributed by atoms with Crippen LogP contribution in [0.1, 0.15) is 29.8 Å². The quantitative estimate of drug-likeness (QED) is 0.622. The van der Waals surface area contributed by atoms with Crippen molar-refractivity contribution in [2.45, 2.75) is 26.8 Å². The molecule has 0 aliphatic carbocycles. The summed E-state index contributed by atoms with van der Waals surface area (Å²) < 4.78 is 19.5. The van der Waals surface area contributed by atoms with Gasteiger partial charge in [-0.3, -0.25) is 4.79 Å². The van der Waals surface area contributed by atoms with Crippen molar-refractivity contribution in [2.75, 3.05) is 13.2 Å². The lowest BCUT2D eigenvalue weighted by atomic mass is 10.2. The Hall–Kier alpha value is -3.36. The highest BCUT2D eigenvalue weighted by Gasteiger charge is 2.25. The number of halogens is 1. The van der Waals surface area contributed by atoms with Gasteiger partial charge in [-0.25, -0.2) is 14.4 Å². The third-order valence-corrected chi connectivity index (χ3v) is 4.16. The number of aryl methyl sites for hydroxylation is 1. The van der Waals surface area contributed by atoms with E-state index in [2.05, 4.69) is 20.2 Å². The summed E-state index contributed by atoms with van der Waals surface area (Å²) in [4.78, 5) is 24.1. The third-order valence-electron chi connectivity index (χ3n) is 4.16. The van der Waals surface area contributed by atoms with Crippen LogP contribution < -0.4 is 4.74 Å². The Morgan fingerprint density at radius 2 is 2.00 bits per heavy atom. The molecule has 0 saturated carbocycles. The van der Waals surface area contributed by atoms with E-state index in [9.17, 15) is 9.18 Å². The van der Waals surface area contributed by atoms with Gasteiger partial charge in [-0.15, -0.1) is 4.80 Å². The van der Waals surface area contributed by atoms with Gasteiger partial charge in [0.15, 0.2) is 5.82 Å². The lowest BCUT2D eigenvalue weighted by Gasteiger charge is -2.28. The summed E-state index contributed by atoms with van der Waals surface area (Å²) in [7, 11) is 0. The minimum absolute atomic E-state index is 0.0818. The lowest BCUT2D eigenvalue weighted by molar-refractivity contribution is 0.0645. The van der Waals surface area contributed by atoms with Crippen molar-refractivity contribution in [3.63, 3.8) is 0 Å². The smallest absolute Gasteiger partial charge is 0.258 e. The van der Waals surface area contributed by atoms with E-state index in [0.717, 1.165) is 17.8 Å². The van der Waals surface area contributed by atoms with E-state index in [0.29, 0.717) is 12.4 Å². The number of hydrogen-bond donors (Lipinski definition) is 0. The van der Waals surface area contributed by atoms with Crippen molar-refractivity contribution in [3.8, 4) is 11.7 Å². The monoisotopic (exact) mass is 384 g/mol. The largest absolute Gasteiger partial charge is 0.475 e. The molecule has 0 aliphatic heterocycles. The van der Waals surface area contributed by atoms with Crippen LogP contribution in [0.25, 0.3) is 5.82 Å². The number of nitrogens with zero attached hydrogens (tertiary/aromatic N) is 6. The standard InChI is InChI=1S/C19H21FN6O2/c1-4-25(14(3)12-28-17-6-5-13(2)10-21-17)19(27)16-9-15(20)11-22-18(16)26-23-7-8-24-26/h5-11,14H,4,12H2,1-3H3/t14-/m0/s1. The van der Waals surface area contributed by atoms with Crippen LogP contribution in [0, 0.1) is 12.7 Å². The Bertz CT molecular complexity index is 930. The minimum Gasteiger partial charge on any atom is -0.475 e. The predicted molar refractivity (Wildman–Crippen MR) is 99.8 cm³/mol. The number of carbonyl (C=O) groups excluding carboxylic acids is 1. The van der Waals surface area contributed by atoms with Gasteiger partial charge in [-0.1, -0.05) is 6.07 Å². The second kappa shape index (κ2) is 8.55. The van der Waals surface area contributed by atoms with Crippen LogP contribution in [-0.4, -0.2) is 55.0 Å². The highest BCUT2D eigenvalue weighted by atomic mass is 19.1. The molecule has 0 aliphatic rings. The Morgan fingerprint density at radius 3 is 2.64 bits per heavy atom. The summed E-state index contributed by atoms with van der Waals surface area (Å²) in [6.07, 6.45) is 5.66. The summed E-state index contributed by atoms with van der Waals surface area (Å²) in [5.74, 6) is -0.337. The Kier molecular flexibility index (Phi) is 5.93. The zero-order valence-electron chi connectivity index (χ0n) is 15.9. The molecular formula is C19H21FN6O2. The first kappa shape index (κ1) is 19.4. The zero-order chi connectivity index (χ0) is 20.1. The van der Waals surface area contributed by atoms with Crippen LogP contribution in [0.5, 0.6) is 5.88 Å². The van der Waals surface area contributed by atoms with Gasteiger partial charge in [0.2, 0.25) is 5.88 Å². The summed E-state index contributed by atoms with van der Waals surface area (Å²) in [6.45, 7) is 6.29. The lowest BCUT2D eigenvalue weighted by Crippen LogP contribution is -2.42. The van der Waals surface area contributed by atoms with Crippen LogP contribution in [0.4, 0.5) is 4.39 Å². The van der Waals surface area contributed by atoms with Crippen molar-refractivity contribution >= 4 is 5.91 Å². The number of rotatable bonds is 7. The molecule has 9 heteroatoms. The molecule has 0 aromatic carbocycles. The molecule has 1 amide bonds. The molecule has 3 rings (SSSR count). The van der Waals surface area contributed by atoms with E-state index >= 15 is 0 Å². The van der Waals surface area contributed by atoms with E-state index in [-0.39, 0.29) is 29.9 Å². The number of amides is 1. The number of ether oxygens (including phenoxy) is 1. The first-order valence-electron chi connectivity index (χ1n) is 8.88. The van der Waals surface area contributed by atoms with Gasteiger partial charge in [0.05, 0.1) is 30.2 Å². The molecular weight excluding hydrogens is 363 g/mol. The van der Waals surface area contributed by atoms with E-state index in [4.69, 9.17) is 4.74 Å². The van der Waals surface area contributed by atoms with Crippen LogP contribution >= 0.6 is 0 Å². The van der Waals surface area contributed by atoms with Gasteiger partial charge >= 0.3 is 0 Å². The molecule has 28 heavy (non-hydrogen) atoms. The maximum absolute atomic E-state index is 13.8. The first-order valence-corrected chi connectivity index (χ1v) is 8.88. The minimum atomic E-state index is -0.608. The third kappa shape index (κ3) is 4.30. The molecule has 0 radical (unpaired) electrons. The van der Waals surface area contributed by atoms with Crippen molar-refractivity contribution < 1.29 is 13.9 Å². The van der Waals surface area contributed by atoms with E-state index in [1.54, 1.807) is 17.2 Å². The fourth-order valence-electron chi connectivity index (χ4n) is 2.72. The molecule has 0 spiro atoms. The van der Waals surface area contributed by atoms with E-state index < -0.39 is 5.82 Å². The number of likely N-dealkylation sites (N-methyl/N-ethyl adjacent to an activating group) is 1. The van der Waals surface area contributed by atoms with Crippen molar-refractivity contribution in [2.24, 2.45) is 0 Å². The second-order valence-electron chi connectivity index (χ2n) is 6.27. The maximum Gasteiger partial charge on any atom is 0.258 e. The number of hydrogen-bond acceptors (Lipinski definition) is 6. The normalized spacial score (nSPS) is 11.9. The maximum atomic E-state index is 13.8. The second-order valence-corrected chi connectivity index (χ2v) is 6.27. The van der Waals surface area contributed by atoms with Crippen LogP contribution in [0.2, 0.25) is 0 Å². The van der Waals surface area contributed by atoms with Gasteiger partial charge in [0.1, 0.15) is 12.4 Å². The Balaban J connectivity index is 1.79. The fourth-order valence-corrected chi connectivity index (χ4v) is 2.72. The summed E-state index contributed by atoms with van der Waals surface area (Å²) in [5.41, 5.74) is 1.11. The van der Waals surface area contributed by atoms with Gasteiger partial charge in [-0.2, -0.15) is 10.2 Å². The molecule has 8 nitrogen and oxygen atoms in total. The molecule has 0 bridgehead atoms. The molecule has 0 fully saturated rings. The van der Waals surface area contributed by atoms with E-state index in [1.807, 2.05) is 26.8 Å². The summed E-state index contributed by atoms with van der Waals surface area (Å²) in [5, 5.41) is 7.98. The first-order chi connectivity index (χ1) is 13.5. The van der Waals surface area contributed by atoms with Crippen molar-refractivity contribution in [3.05, 3.63) is 59.9 Å². The van der Waals surface area contributed by atoms with Crippen LogP contribution in [-0.2, 0) is 0 Å². The molecule has 0 saturated heterocycles. The average Bonchev–Trinajstić information content (AvgIpc) is 3.22. The van der Waals surface area contributed by atoms with E-state index in [1.165, 1.54) is 17.2 Å². The summed E-state index contributed by atoms with van der Waals surface area (Å²) >= 11 is 0. The number of pyridine rings is 2. The van der Waals surface area contributed by atoms with Crippen LogP contribution in [0.3, 0.4) is 0 Å². The van der Waals surface area contributed by atoms with Gasteiger partial charge in [0, 0.05) is 18.8 Å². The average molecular weight is 384 g/mol. The topological polar surface area (TPSA) is 86.0 Å². The number of carbonyl (C=O) groups is 1. The summed E-state index contributed by atoms with van der Waals surface area (Å²) in [6, 6.07) is 4.55. The predicted octanol–water partition coefficient (Wildman–Crippen LogP) is 2.43. The molecule has 3 aromatic heterocycles. The van der Waals surface area contributed by atoms with Crippen molar-refractivity contribution in [1.29, 1.82) is 0 Å². The van der Waals surface area contributed by atoms with Gasteiger partial charge in [0.25, 0.3) is 5.91 Å². The van der Waals surface area contributed by atoms with Crippen LogP contribution in [0.15, 0.2) is 43.0 Å². The molecule has 146 valence electrons. The number of aromatic nitrogens is 5. The highest BCUT2D eigenvalue weighted by Crippen LogP contribution is 2.17. The SMILES string of the molecule is CCN(C(=O)c1cc(F)cnc1-n1nccn1)[C@@H](C)COc1ccc(C)cn1. The highest BCUT2D eigenvalue weighted by molar-refractivity contribution is 5.97. The Labute approximate surface area is 162 Å². The molecule has 0 N–H and O–H groups in total. The Morgan fingerprint density at radius 1 is 1.25 bits per heavy atom. The molecule has 3 aromatic rings. The van der Waals surface area contributed by atoms with Gasteiger partial charge < -0.3 is 9.64 Å². The molecule has 1 atom stereocenters. The molecule has 3 heterocycles.